The van der Waals surface area contributed by atoms with Gasteiger partial charge in [0.05, 0.1) is 6.61 Å². The first-order valence-electron chi connectivity index (χ1n) is 5.92. The van der Waals surface area contributed by atoms with Gasteiger partial charge in [-0.15, -0.1) is 0 Å². The second-order valence-corrected chi connectivity index (χ2v) is 5.10. The molecule has 0 saturated heterocycles. The SMILES string of the molecule is CCCCOc1nc(C(C)(C)C)nc(N)c1N. The number of nitrogen functional groups attached to an aromatic ring is 2. The molecule has 96 valence electrons. The normalized spacial score (nSPS) is 11.5. The highest BCUT2D eigenvalue weighted by atomic mass is 16.5. The highest BCUT2D eigenvalue weighted by molar-refractivity contribution is 5.64. The van der Waals surface area contributed by atoms with Crippen LogP contribution in [0.5, 0.6) is 5.88 Å². The van der Waals surface area contributed by atoms with E-state index in [-0.39, 0.29) is 11.2 Å². The van der Waals surface area contributed by atoms with Crippen LogP contribution in [-0.2, 0) is 5.41 Å². The van der Waals surface area contributed by atoms with Crippen LogP contribution in [0.1, 0.15) is 46.4 Å². The molecule has 1 heterocycles. The van der Waals surface area contributed by atoms with E-state index in [1.54, 1.807) is 0 Å². The summed E-state index contributed by atoms with van der Waals surface area (Å²) in [5.41, 5.74) is 11.7. The van der Waals surface area contributed by atoms with E-state index in [2.05, 4.69) is 16.9 Å². The molecule has 0 aromatic carbocycles. The van der Waals surface area contributed by atoms with Gasteiger partial charge in [-0.1, -0.05) is 34.1 Å². The number of aromatic nitrogens is 2. The zero-order chi connectivity index (χ0) is 13.1. The van der Waals surface area contributed by atoms with Crippen LogP contribution in [0.25, 0.3) is 0 Å². The van der Waals surface area contributed by atoms with E-state index in [1.165, 1.54) is 0 Å². The fourth-order valence-electron chi connectivity index (χ4n) is 1.22. The lowest BCUT2D eigenvalue weighted by Crippen LogP contribution is -2.19. The van der Waals surface area contributed by atoms with Crippen LogP contribution in [0.2, 0.25) is 0 Å². The Morgan fingerprint density at radius 2 is 1.82 bits per heavy atom. The van der Waals surface area contributed by atoms with Crippen molar-refractivity contribution in [3.05, 3.63) is 5.82 Å². The van der Waals surface area contributed by atoms with Crippen molar-refractivity contribution < 1.29 is 4.74 Å². The minimum Gasteiger partial charge on any atom is -0.476 e. The molecule has 0 bridgehead atoms. The van der Waals surface area contributed by atoms with Crippen LogP contribution in [0, 0.1) is 0 Å². The standard InChI is InChI=1S/C12H22N4O/c1-5-6-7-17-10-8(13)9(14)15-11(16-10)12(2,3)4/h5-7,13H2,1-4H3,(H2,14,15,16). The summed E-state index contributed by atoms with van der Waals surface area (Å²) in [5, 5.41) is 0. The summed E-state index contributed by atoms with van der Waals surface area (Å²) in [5.74, 6) is 1.34. The Morgan fingerprint density at radius 1 is 1.18 bits per heavy atom. The fourth-order valence-corrected chi connectivity index (χ4v) is 1.22. The maximum Gasteiger partial charge on any atom is 0.242 e. The molecule has 0 aliphatic heterocycles. The van der Waals surface area contributed by atoms with E-state index >= 15 is 0 Å². The molecule has 0 unspecified atom stereocenters. The Bertz CT molecular complexity index is 385. The van der Waals surface area contributed by atoms with Gasteiger partial charge in [-0.3, -0.25) is 0 Å². The van der Waals surface area contributed by atoms with Crippen LogP contribution < -0.4 is 16.2 Å². The van der Waals surface area contributed by atoms with Crippen molar-refractivity contribution in [2.75, 3.05) is 18.1 Å². The average molecular weight is 238 g/mol. The number of hydrogen-bond acceptors (Lipinski definition) is 5. The molecule has 0 amide bonds. The monoisotopic (exact) mass is 238 g/mol. The molecule has 5 nitrogen and oxygen atoms in total. The first-order chi connectivity index (χ1) is 7.86. The highest BCUT2D eigenvalue weighted by Crippen LogP contribution is 2.28. The number of nitrogens with zero attached hydrogens (tertiary/aromatic N) is 2. The predicted molar refractivity (Wildman–Crippen MR) is 70.0 cm³/mol. The van der Waals surface area contributed by atoms with Crippen molar-refractivity contribution in [3.8, 4) is 5.88 Å². The molecular formula is C12H22N4O. The van der Waals surface area contributed by atoms with E-state index < -0.39 is 0 Å². The first-order valence-corrected chi connectivity index (χ1v) is 5.92. The van der Waals surface area contributed by atoms with Crippen LogP contribution in [0.15, 0.2) is 0 Å². The second kappa shape index (κ2) is 5.21. The van der Waals surface area contributed by atoms with Gasteiger partial charge in [0.2, 0.25) is 5.88 Å². The molecule has 4 N–H and O–H groups in total. The Balaban J connectivity index is 2.99. The molecule has 0 radical (unpaired) electrons. The van der Waals surface area contributed by atoms with Gasteiger partial charge in [0.1, 0.15) is 11.5 Å². The molecule has 0 aliphatic rings. The number of nitrogens with two attached hydrogens (primary N) is 2. The third-order valence-electron chi connectivity index (χ3n) is 2.35. The summed E-state index contributed by atoms with van der Waals surface area (Å²) in [6, 6.07) is 0. The summed E-state index contributed by atoms with van der Waals surface area (Å²) < 4.78 is 5.54. The molecule has 0 spiro atoms. The Hall–Kier alpha value is -1.52. The predicted octanol–water partition coefficient (Wildman–Crippen LogP) is 2.12. The molecule has 0 aliphatic carbocycles. The van der Waals surface area contributed by atoms with Crippen molar-refractivity contribution in [2.24, 2.45) is 0 Å². The van der Waals surface area contributed by atoms with Gasteiger partial charge in [0, 0.05) is 5.41 Å². The second-order valence-electron chi connectivity index (χ2n) is 5.10. The Labute approximate surface area is 103 Å². The van der Waals surface area contributed by atoms with Gasteiger partial charge >= 0.3 is 0 Å². The lowest BCUT2D eigenvalue weighted by molar-refractivity contribution is 0.296. The lowest BCUT2D eigenvalue weighted by Gasteiger charge is -2.19. The third kappa shape index (κ3) is 3.47. The molecule has 17 heavy (non-hydrogen) atoms. The van der Waals surface area contributed by atoms with Crippen LogP contribution in [0.3, 0.4) is 0 Å². The largest absolute Gasteiger partial charge is 0.476 e. The van der Waals surface area contributed by atoms with E-state index in [9.17, 15) is 0 Å². The van der Waals surface area contributed by atoms with Crippen LogP contribution in [0.4, 0.5) is 11.5 Å². The molecule has 0 saturated carbocycles. The van der Waals surface area contributed by atoms with Gasteiger partial charge in [0.25, 0.3) is 0 Å². The van der Waals surface area contributed by atoms with Gasteiger partial charge in [0.15, 0.2) is 5.82 Å². The Morgan fingerprint density at radius 3 is 2.35 bits per heavy atom. The number of anilines is 2. The van der Waals surface area contributed by atoms with Crippen LogP contribution >= 0.6 is 0 Å². The topological polar surface area (TPSA) is 87.0 Å². The summed E-state index contributed by atoms with van der Waals surface area (Å²) in [7, 11) is 0. The molecule has 0 atom stereocenters. The number of unbranched alkanes of at least 4 members (excludes halogenated alkanes) is 1. The van der Waals surface area contributed by atoms with Crippen molar-refractivity contribution in [2.45, 2.75) is 46.0 Å². The van der Waals surface area contributed by atoms with Gasteiger partial charge in [-0.05, 0) is 6.42 Å². The molecule has 1 aromatic rings. The average Bonchev–Trinajstić information content (AvgIpc) is 2.22. The van der Waals surface area contributed by atoms with E-state index in [0.29, 0.717) is 24.0 Å². The molecule has 5 heteroatoms. The van der Waals surface area contributed by atoms with E-state index in [4.69, 9.17) is 16.2 Å². The lowest BCUT2D eigenvalue weighted by atomic mass is 9.96. The van der Waals surface area contributed by atoms with Gasteiger partial charge in [-0.2, -0.15) is 4.98 Å². The van der Waals surface area contributed by atoms with E-state index in [0.717, 1.165) is 12.8 Å². The number of ether oxygens (including phenoxy) is 1. The van der Waals surface area contributed by atoms with Crippen molar-refractivity contribution in [1.29, 1.82) is 0 Å². The Kier molecular flexibility index (Phi) is 4.15. The molecule has 1 aromatic heterocycles. The van der Waals surface area contributed by atoms with Crippen molar-refractivity contribution in [3.63, 3.8) is 0 Å². The summed E-state index contributed by atoms with van der Waals surface area (Å²) in [6.07, 6.45) is 2.03. The zero-order valence-corrected chi connectivity index (χ0v) is 11.1. The molecule has 1 rings (SSSR count). The quantitative estimate of drug-likeness (QED) is 0.784. The van der Waals surface area contributed by atoms with E-state index in [1.807, 2.05) is 20.8 Å². The maximum absolute atomic E-state index is 5.80. The fraction of sp³-hybridized carbons (Fsp3) is 0.667. The van der Waals surface area contributed by atoms with Crippen molar-refractivity contribution >= 4 is 11.5 Å². The van der Waals surface area contributed by atoms with Crippen LogP contribution in [-0.4, -0.2) is 16.6 Å². The maximum atomic E-state index is 5.80. The minimum atomic E-state index is -0.176. The third-order valence-corrected chi connectivity index (χ3v) is 2.35. The zero-order valence-electron chi connectivity index (χ0n) is 11.1. The van der Waals surface area contributed by atoms with Crippen molar-refractivity contribution in [1.82, 2.24) is 9.97 Å². The number of rotatable bonds is 4. The smallest absolute Gasteiger partial charge is 0.242 e. The summed E-state index contributed by atoms with van der Waals surface area (Å²) >= 11 is 0. The van der Waals surface area contributed by atoms with Gasteiger partial charge < -0.3 is 16.2 Å². The highest BCUT2D eigenvalue weighted by Gasteiger charge is 2.21. The summed E-state index contributed by atoms with van der Waals surface area (Å²) in [6.45, 7) is 8.76. The molecular weight excluding hydrogens is 216 g/mol. The molecule has 0 fully saturated rings. The first kappa shape index (κ1) is 13.5. The minimum absolute atomic E-state index is 0.176. The number of hydrogen-bond donors (Lipinski definition) is 2. The summed E-state index contributed by atoms with van der Waals surface area (Å²) in [4.78, 5) is 8.53. The van der Waals surface area contributed by atoms with Gasteiger partial charge in [-0.25, -0.2) is 4.98 Å².